The Hall–Kier alpha value is -1.57. The second-order valence-electron chi connectivity index (χ2n) is 3.19. The summed E-state index contributed by atoms with van der Waals surface area (Å²) in [5.41, 5.74) is 5.78. The highest BCUT2D eigenvalue weighted by Gasteiger charge is 2.03. The molecule has 0 aromatic heterocycles. The molecule has 4 heteroatoms. The van der Waals surface area contributed by atoms with E-state index in [9.17, 15) is 4.39 Å². The first kappa shape index (κ1) is 13.5. The molecule has 0 aliphatic heterocycles. The number of hydrogen-bond acceptors (Lipinski definition) is 3. The van der Waals surface area contributed by atoms with Crippen molar-refractivity contribution in [1.82, 2.24) is 0 Å². The molecule has 0 fully saturated rings. The lowest BCUT2D eigenvalue weighted by atomic mass is 10.2. The summed E-state index contributed by atoms with van der Waals surface area (Å²) >= 11 is 0. The molecule has 1 rings (SSSR count). The van der Waals surface area contributed by atoms with Gasteiger partial charge in [0.1, 0.15) is 18.2 Å². The SMILES string of the molecule is CCOCCOc1ccc(F)cc1C#CCN. The van der Waals surface area contributed by atoms with Gasteiger partial charge in [-0.05, 0) is 25.1 Å². The van der Waals surface area contributed by atoms with Gasteiger partial charge in [0.15, 0.2) is 0 Å². The van der Waals surface area contributed by atoms with Gasteiger partial charge in [-0.1, -0.05) is 11.8 Å². The van der Waals surface area contributed by atoms with Gasteiger partial charge in [-0.2, -0.15) is 0 Å². The molecule has 0 bridgehead atoms. The smallest absolute Gasteiger partial charge is 0.135 e. The lowest BCUT2D eigenvalue weighted by molar-refractivity contribution is 0.110. The third kappa shape index (κ3) is 4.85. The van der Waals surface area contributed by atoms with Gasteiger partial charge in [0.25, 0.3) is 0 Å². The van der Waals surface area contributed by atoms with Crippen LogP contribution in [0.3, 0.4) is 0 Å². The minimum absolute atomic E-state index is 0.231. The summed E-state index contributed by atoms with van der Waals surface area (Å²) in [5.74, 6) is 5.65. The number of halogens is 1. The molecule has 92 valence electrons. The molecule has 0 unspecified atom stereocenters. The minimum Gasteiger partial charge on any atom is -0.490 e. The zero-order valence-corrected chi connectivity index (χ0v) is 9.83. The van der Waals surface area contributed by atoms with E-state index in [1.54, 1.807) is 6.07 Å². The number of nitrogens with two attached hydrogens (primary N) is 1. The van der Waals surface area contributed by atoms with Crippen molar-refractivity contribution in [3.8, 4) is 17.6 Å². The minimum atomic E-state index is -0.344. The molecule has 0 spiro atoms. The van der Waals surface area contributed by atoms with E-state index in [2.05, 4.69) is 11.8 Å². The molecule has 0 saturated carbocycles. The Labute approximate surface area is 101 Å². The average Bonchev–Trinajstić information content (AvgIpc) is 2.34. The van der Waals surface area contributed by atoms with E-state index in [1.807, 2.05) is 6.92 Å². The number of ether oxygens (including phenoxy) is 2. The van der Waals surface area contributed by atoms with Gasteiger partial charge in [0.2, 0.25) is 0 Å². The summed E-state index contributed by atoms with van der Waals surface area (Å²) < 4.78 is 23.6. The summed E-state index contributed by atoms with van der Waals surface area (Å²) in [6.45, 7) is 3.70. The van der Waals surface area contributed by atoms with Gasteiger partial charge in [0, 0.05) is 6.61 Å². The first-order valence-corrected chi connectivity index (χ1v) is 5.47. The molecule has 2 N–H and O–H groups in total. The van der Waals surface area contributed by atoms with Gasteiger partial charge >= 0.3 is 0 Å². The van der Waals surface area contributed by atoms with Crippen molar-refractivity contribution in [2.24, 2.45) is 5.73 Å². The van der Waals surface area contributed by atoms with E-state index in [4.69, 9.17) is 15.2 Å². The van der Waals surface area contributed by atoms with Crippen LogP contribution in [0.2, 0.25) is 0 Å². The molecule has 0 atom stereocenters. The van der Waals surface area contributed by atoms with Crippen molar-refractivity contribution in [2.45, 2.75) is 6.92 Å². The summed E-state index contributed by atoms with van der Waals surface area (Å²) in [6, 6.07) is 4.23. The molecule has 17 heavy (non-hydrogen) atoms. The highest BCUT2D eigenvalue weighted by molar-refractivity contribution is 5.46. The van der Waals surface area contributed by atoms with Gasteiger partial charge in [-0.15, -0.1) is 0 Å². The zero-order chi connectivity index (χ0) is 12.5. The molecular formula is C13H16FNO2. The molecule has 1 aromatic rings. The Morgan fingerprint density at radius 3 is 2.88 bits per heavy atom. The van der Waals surface area contributed by atoms with Gasteiger partial charge in [0.05, 0.1) is 18.7 Å². The number of rotatable bonds is 5. The fraction of sp³-hybridized carbons (Fsp3) is 0.385. The van der Waals surface area contributed by atoms with Crippen LogP contribution in [0.25, 0.3) is 0 Å². The Bertz CT molecular complexity index is 410. The third-order valence-electron chi connectivity index (χ3n) is 1.96. The zero-order valence-electron chi connectivity index (χ0n) is 9.83. The lowest BCUT2D eigenvalue weighted by Crippen LogP contribution is -2.07. The van der Waals surface area contributed by atoms with Crippen LogP contribution in [-0.4, -0.2) is 26.4 Å². The van der Waals surface area contributed by atoms with Crippen LogP contribution in [0.15, 0.2) is 18.2 Å². The van der Waals surface area contributed by atoms with Crippen LogP contribution in [0.1, 0.15) is 12.5 Å². The van der Waals surface area contributed by atoms with Crippen molar-refractivity contribution in [3.63, 3.8) is 0 Å². The van der Waals surface area contributed by atoms with E-state index >= 15 is 0 Å². The molecule has 0 radical (unpaired) electrons. The second kappa shape index (κ2) is 7.66. The Balaban J connectivity index is 2.69. The van der Waals surface area contributed by atoms with Gasteiger partial charge in [-0.3, -0.25) is 0 Å². The summed E-state index contributed by atoms with van der Waals surface area (Å²) in [4.78, 5) is 0. The maximum absolute atomic E-state index is 13.0. The fourth-order valence-corrected chi connectivity index (χ4v) is 1.23. The van der Waals surface area contributed by atoms with E-state index in [-0.39, 0.29) is 12.4 Å². The Morgan fingerprint density at radius 2 is 2.18 bits per heavy atom. The Morgan fingerprint density at radius 1 is 1.35 bits per heavy atom. The maximum Gasteiger partial charge on any atom is 0.135 e. The predicted octanol–water partition coefficient (Wildman–Crippen LogP) is 1.55. The van der Waals surface area contributed by atoms with E-state index in [0.717, 1.165) is 0 Å². The van der Waals surface area contributed by atoms with Crippen LogP contribution in [0.4, 0.5) is 4.39 Å². The molecule has 0 aliphatic carbocycles. The monoisotopic (exact) mass is 237 g/mol. The first-order valence-electron chi connectivity index (χ1n) is 5.47. The Kier molecular flexibility index (Phi) is 6.08. The van der Waals surface area contributed by atoms with Crippen molar-refractivity contribution in [1.29, 1.82) is 0 Å². The largest absolute Gasteiger partial charge is 0.490 e. The normalized spacial score (nSPS) is 9.59. The van der Waals surface area contributed by atoms with Crippen molar-refractivity contribution >= 4 is 0 Å². The second-order valence-corrected chi connectivity index (χ2v) is 3.19. The van der Waals surface area contributed by atoms with E-state index in [0.29, 0.717) is 31.1 Å². The summed E-state index contributed by atoms with van der Waals surface area (Å²) in [7, 11) is 0. The molecule has 1 aromatic carbocycles. The number of benzene rings is 1. The summed E-state index contributed by atoms with van der Waals surface area (Å²) in [5, 5.41) is 0. The van der Waals surface area contributed by atoms with Crippen LogP contribution in [0, 0.1) is 17.7 Å². The van der Waals surface area contributed by atoms with E-state index in [1.165, 1.54) is 12.1 Å². The lowest BCUT2D eigenvalue weighted by Gasteiger charge is -2.08. The average molecular weight is 237 g/mol. The summed E-state index contributed by atoms with van der Waals surface area (Å²) in [6.07, 6.45) is 0. The highest BCUT2D eigenvalue weighted by Crippen LogP contribution is 2.18. The van der Waals surface area contributed by atoms with E-state index < -0.39 is 0 Å². The predicted molar refractivity (Wildman–Crippen MR) is 64.3 cm³/mol. The molecule has 0 saturated heterocycles. The molecule has 3 nitrogen and oxygen atoms in total. The van der Waals surface area contributed by atoms with Gasteiger partial charge < -0.3 is 15.2 Å². The molecular weight excluding hydrogens is 221 g/mol. The molecule has 0 amide bonds. The van der Waals surface area contributed by atoms with Crippen molar-refractivity contribution < 1.29 is 13.9 Å². The standard InChI is InChI=1S/C13H16FNO2/c1-2-16-8-9-17-13-6-5-12(14)10-11(13)4-3-7-15/h5-6,10H,2,7-9,15H2,1H3. The van der Waals surface area contributed by atoms with Crippen LogP contribution in [0.5, 0.6) is 5.75 Å². The molecule has 0 heterocycles. The molecule has 0 aliphatic rings. The first-order chi connectivity index (χ1) is 8.27. The van der Waals surface area contributed by atoms with Crippen molar-refractivity contribution in [2.75, 3.05) is 26.4 Å². The quantitative estimate of drug-likeness (QED) is 0.624. The van der Waals surface area contributed by atoms with Crippen LogP contribution < -0.4 is 10.5 Å². The van der Waals surface area contributed by atoms with Gasteiger partial charge in [-0.25, -0.2) is 4.39 Å². The fourth-order valence-electron chi connectivity index (χ4n) is 1.23. The maximum atomic E-state index is 13.0. The number of hydrogen-bond donors (Lipinski definition) is 1. The van der Waals surface area contributed by atoms with Crippen LogP contribution >= 0.6 is 0 Å². The highest BCUT2D eigenvalue weighted by atomic mass is 19.1. The third-order valence-corrected chi connectivity index (χ3v) is 1.96. The topological polar surface area (TPSA) is 44.5 Å². The van der Waals surface area contributed by atoms with Crippen LogP contribution in [-0.2, 0) is 4.74 Å². The van der Waals surface area contributed by atoms with Crippen molar-refractivity contribution in [3.05, 3.63) is 29.6 Å².